The van der Waals surface area contributed by atoms with Crippen LogP contribution in [0.25, 0.3) is 0 Å². The van der Waals surface area contributed by atoms with Gasteiger partial charge in [-0.2, -0.15) is 0 Å². The van der Waals surface area contributed by atoms with E-state index in [1.165, 1.54) is 11.4 Å². The first-order chi connectivity index (χ1) is 11.4. The number of benzene rings is 1. The predicted octanol–water partition coefficient (Wildman–Crippen LogP) is 5.00. The van der Waals surface area contributed by atoms with Crippen molar-refractivity contribution in [1.29, 1.82) is 0 Å². The van der Waals surface area contributed by atoms with Crippen LogP contribution in [-0.2, 0) is 6.54 Å². The molecule has 4 nitrogen and oxygen atoms in total. The molecule has 24 heavy (non-hydrogen) atoms. The largest absolute Gasteiger partial charge is 0.345 e. The van der Waals surface area contributed by atoms with E-state index in [-0.39, 0.29) is 12.1 Å². The summed E-state index contributed by atoms with van der Waals surface area (Å²) >= 11 is 6.16. The smallest absolute Gasteiger partial charge is 0.322 e. The minimum Gasteiger partial charge on any atom is -0.345 e. The summed E-state index contributed by atoms with van der Waals surface area (Å²) in [5, 5.41) is 3.70. The second-order valence-electron chi connectivity index (χ2n) is 6.78. The molecule has 5 heteroatoms. The van der Waals surface area contributed by atoms with Gasteiger partial charge in [0.15, 0.2) is 0 Å². The molecule has 1 N–H and O–H groups in total. The molecular formula is C19H24ClN3O. The quantitative estimate of drug-likeness (QED) is 0.816. The number of aryl methyl sites for hydroxylation is 1. The molecule has 0 unspecified atom stereocenters. The highest BCUT2D eigenvalue weighted by Crippen LogP contribution is 2.34. The SMILES string of the molecule is Cc1c(Cl)cccc1NC(=O)N1CCn2c(C)ccc2[C@@H]1C(C)C. The van der Waals surface area contributed by atoms with Gasteiger partial charge >= 0.3 is 6.03 Å². The summed E-state index contributed by atoms with van der Waals surface area (Å²) in [5.74, 6) is 0.338. The fourth-order valence-corrected chi connectivity index (χ4v) is 3.69. The van der Waals surface area contributed by atoms with Crippen molar-refractivity contribution in [2.75, 3.05) is 11.9 Å². The number of urea groups is 1. The third kappa shape index (κ3) is 2.91. The van der Waals surface area contributed by atoms with Crippen LogP contribution >= 0.6 is 11.6 Å². The maximum atomic E-state index is 12.9. The molecule has 0 radical (unpaired) electrons. The van der Waals surface area contributed by atoms with Gasteiger partial charge < -0.3 is 14.8 Å². The zero-order valence-corrected chi connectivity index (χ0v) is 15.4. The molecule has 2 heterocycles. The van der Waals surface area contributed by atoms with Gasteiger partial charge in [0.1, 0.15) is 0 Å². The maximum absolute atomic E-state index is 12.9. The third-order valence-corrected chi connectivity index (χ3v) is 5.25. The Morgan fingerprint density at radius 2 is 1.96 bits per heavy atom. The lowest BCUT2D eigenvalue weighted by molar-refractivity contribution is 0.143. The van der Waals surface area contributed by atoms with Gasteiger partial charge in [-0.3, -0.25) is 0 Å². The lowest BCUT2D eigenvalue weighted by Gasteiger charge is -2.39. The first-order valence-electron chi connectivity index (χ1n) is 8.39. The average molecular weight is 346 g/mol. The minimum absolute atomic E-state index is 0.0656. The lowest BCUT2D eigenvalue weighted by Crippen LogP contribution is -2.46. The van der Waals surface area contributed by atoms with Gasteiger partial charge in [0.25, 0.3) is 0 Å². The van der Waals surface area contributed by atoms with E-state index in [0.717, 1.165) is 17.8 Å². The molecule has 0 saturated heterocycles. The molecule has 0 spiro atoms. The summed E-state index contributed by atoms with van der Waals surface area (Å²) < 4.78 is 2.32. The van der Waals surface area contributed by atoms with Gasteiger partial charge in [0.2, 0.25) is 0 Å². The number of aromatic nitrogens is 1. The Labute approximate surface area is 148 Å². The highest BCUT2D eigenvalue weighted by Gasteiger charge is 2.33. The van der Waals surface area contributed by atoms with E-state index in [4.69, 9.17) is 11.6 Å². The Bertz CT molecular complexity index is 766. The van der Waals surface area contributed by atoms with E-state index in [1.54, 1.807) is 0 Å². The van der Waals surface area contributed by atoms with Crippen molar-refractivity contribution in [3.05, 3.63) is 52.3 Å². The number of rotatable bonds is 2. The molecule has 1 aromatic heterocycles. The molecule has 1 aliphatic rings. The number of carbonyl (C=O) groups is 1. The van der Waals surface area contributed by atoms with E-state index < -0.39 is 0 Å². The van der Waals surface area contributed by atoms with Crippen LogP contribution in [0.1, 0.15) is 36.8 Å². The van der Waals surface area contributed by atoms with Crippen LogP contribution in [0.3, 0.4) is 0 Å². The fraction of sp³-hybridized carbons (Fsp3) is 0.421. The first-order valence-corrected chi connectivity index (χ1v) is 8.76. The van der Waals surface area contributed by atoms with Crippen molar-refractivity contribution in [1.82, 2.24) is 9.47 Å². The average Bonchev–Trinajstić information content (AvgIpc) is 2.92. The van der Waals surface area contributed by atoms with E-state index in [0.29, 0.717) is 17.5 Å². The Kier molecular flexibility index (Phi) is 4.59. The standard InChI is InChI=1S/C19H24ClN3O/c1-12(2)18-17-9-8-13(3)22(17)10-11-23(18)19(24)21-16-7-5-6-15(20)14(16)4/h5-9,12,18H,10-11H2,1-4H3,(H,21,24)/t18-/m0/s1. The maximum Gasteiger partial charge on any atom is 0.322 e. The first kappa shape index (κ1) is 16.9. The van der Waals surface area contributed by atoms with E-state index in [1.807, 2.05) is 30.0 Å². The molecular weight excluding hydrogens is 322 g/mol. The number of anilines is 1. The zero-order chi connectivity index (χ0) is 17.4. The van der Waals surface area contributed by atoms with Crippen molar-refractivity contribution in [2.45, 2.75) is 40.3 Å². The second kappa shape index (κ2) is 6.52. The Balaban J connectivity index is 1.88. The van der Waals surface area contributed by atoms with Gasteiger partial charge in [0.05, 0.1) is 6.04 Å². The summed E-state index contributed by atoms with van der Waals surface area (Å²) in [6.07, 6.45) is 0. The Morgan fingerprint density at radius 3 is 2.67 bits per heavy atom. The van der Waals surface area contributed by atoms with Crippen molar-refractivity contribution < 1.29 is 4.79 Å². The molecule has 0 saturated carbocycles. The topological polar surface area (TPSA) is 37.3 Å². The number of nitrogens with zero attached hydrogens (tertiary/aromatic N) is 2. The minimum atomic E-state index is -0.0656. The normalized spacial score (nSPS) is 17.1. The predicted molar refractivity (Wildman–Crippen MR) is 98.7 cm³/mol. The monoisotopic (exact) mass is 345 g/mol. The van der Waals surface area contributed by atoms with Crippen LogP contribution in [0.4, 0.5) is 10.5 Å². The van der Waals surface area contributed by atoms with Crippen molar-refractivity contribution in [3.63, 3.8) is 0 Å². The second-order valence-corrected chi connectivity index (χ2v) is 7.18. The summed E-state index contributed by atoms with van der Waals surface area (Å²) in [6, 6.07) is 9.86. The van der Waals surface area contributed by atoms with Crippen LogP contribution in [-0.4, -0.2) is 22.0 Å². The number of nitrogens with one attached hydrogen (secondary N) is 1. The number of amides is 2. The molecule has 1 atom stereocenters. The number of halogens is 1. The molecule has 0 bridgehead atoms. The molecule has 2 aromatic rings. The molecule has 1 aliphatic heterocycles. The van der Waals surface area contributed by atoms with E-state index >= 15 is 0 Å². The van der Waals surface area contributed by atoms with Crippen molar-refractivity contribution in [3.8, 4) is 0 Å². The number of carbonyl (C=O) groups excluding carboxylic acids is 1. The van der Waals surface area contributed by atoms with Crippen LogP contribution in [0, 0.1) is 19.8 Å². The van der Waals surface area contributed by atoms with Gasteiger partial charge in [-0.25, -0.2) is 4.79 Å². The number of fused-ring (bicyclic) bond motifs is 1. The van der Waals surface area contributed by atoms with Crippen LogP contribution in [0.2, 0.25) is 5.02 Å². The van der Waals surface area contributed by atoms with E-state index in [2.05, 4.69) is 42.8 Å². The zero-order valence-electron chi connectivity index (χ0n) is 14.6. The third-order valence-electron chi connectivity index (χ3n) is 4.84. The molecule has 0 fully saturated rings. The highest BCUT2D eigenvalue weighted by atomic mass is 35.5. The summed E-state index contributed by atoms with van der Waals surface area (Å²) in [7, 11) is 0. The van der Waals surface area contributed by atoms with Gasteiger partial charge in [-0.05, 0) is 49.6 Å². The highest BCUT2D eigenvalue weighted by molar-refractivity contribution is 6.31. The molecule has 2 amide bonds. The number of hydrogen-bond acceptors (Lipinski definition) is 1. The summed E-state index contributed by atoms with van der Waals surface area (Å²) in [5.41, 5.74) is 4.13. The van der Waals surface area contributed by atoms with Gasteiger partial charge in [0, 0.05) is 35.2 Å². The molecule has 128 valence electrons. The number of hydrogen-bond donors (Lipinski definition) is 1. The lowest BCUT2D eigenvalue weighted by atomic mass is 9.97. The van der Waals surface area contributed by atoms with Crippen LogP contribution in [0.15, 0.2) is 30.3 Å². The van der Waals surface area contributed by atoms with Crippen molar-refractivity contribution in [2.24, 2.45) is 5.92 Å². The molecule has 3 rings (SSSR count). The Morgan fingerprint density at radius 1 is 1.21 bits per heavy atom. The molecule has 0 aliphatic carbocycles. The van der Waals surface area contributed by atoms with Gasteiger partial charge in [-0.1, -0.05) is 31.5 Å². The summed E-state index contributed by atoms with van der Waals surface area (Å²) in [6.45, 7) is 9.89. The van der Waals surface area contributed by atoms with Crippen LogP contribution in [0.5, 0.6) is 0 Å². The van der Waals surface area contributed by atoms with Crippen molar-refractivity contribution >= 4 is 23.3 Å². The molecule has 1 aromatic carbocycles. The summed E-state index contributed by atoms with van der Waals surface area (Å²) in [4.78, 5) is 14.9. The van der Waals surface area contributed by atoms with Crippen LogP contribution < -0.4 is 5.32 Å². The fourth-order valence-electron chi connectivity index (χ4n) is 3.52. The Hall–Kier alpha value is -1.94. The van der Waals surface area contributed by atoms with Gasteiger partial charge in [-0.15, -0.1) is 0 Å². The van der Waals surface area contributed by atoms with E-state index in [9.17, 15) is 4.79 Å².